The molecule has 0 bridgehead atoms. The van der Waals surface area contributed by atoms with Crippen molar-refractivity contribution in [2.45, 2.75) is 64.8 Å². The number of hydrogen-bond donors (Lipinski definition) is 2. The van der Waals surface area contributed by atoms with Crippen molar-refractivity contribution >= 4 is 34.1 Å². The molecule has 1 heterocycles. The summed E-state index contributed by atoms with van der Waals surface area (Å²) in [6.45, 7) is 2.71. The van der Waals surface area contributed by atoms with Gasteiger partial charge in [0.2, 0.25) is 0 Å². The first-order valence-electron chi connectivity index (χ1n) is 11.4. The Morgan fingerprint density at radius 1 is 0.938 bits per heavy atom. The number of halogens is 1. The predicted octanol–water partition coefficient (Wildman–Crippen LogP) is 6.75. The van der Waals surface area contributed by atoms with E-state index in [2.05, 4.69) is 12.2 Å². The van der Waals surface area contributed by atoms with Crippen LogP contribution in [0, 0.1) is 0 Å². The van der Waals surface area contributed by atoms with Crippen molar-refractivity contribution < 1.29 is 9.90 Å². The molecular weight excluding hydrogens is 424 g/mol. The lowest BCUT2D eigenvalue weighted by Crippen LogP contribution is -2.30. The van der Waals surface area contributed by atoms with E-state index in [1.54, 1.807) is 47.0 Å². The largest absolute Gasteiger partial charge is 0.506 e. The number of pyridine rings is 1. The second-order valence-corrected chi connectivity index (χ2v) is 8.51. The molecule has 0 aliphatic heterocycles. The molecule has 0 aliphatic rings. The SMILES string of the molecule is CCCCCCCCCCn1c(=O)c(C(=O)Nc2ccccc2Cl)c(O)c2ccccc21. The Hall–Kier alpha value is -2.79. The normalized spacial score (nSPS) is 11.1. The fraction of sp³-hybridized carbons (Fsp3) is 0.385. The van der Waals surface area contributed by atoms with Crippen LogP contribution in [0.4, 0.5) is 5.69 Å². The Bertz CT molecular complexity index is 1120. The van der Waals surface area contributed by atoms with Crippen LogP contribution < -0.4 is 10.9 Å². The van der Waals surface area contributed by atoms with Gasteiger partial charge in [-0.05, 0) is 30.7 Å². The van der Waals surface area contributed by atoms with Gasteiger partial charge in [0.15, 0.2) is 0 Å². The molecule has 0 unspecified atom stereocenters. The van der Waals surface area contributed by atoms with Crippen LogP contribution in [0.5, 0.6) is 5.75 Å². The fourth-order valence-electron chi connectivity index (χ4n) is 3.97. The quantitative estimate of drug-likeness (QED) is 0.314. The van der Waals surface area contributed by atoms with Crippen molar-refractivity contribution in [3.05, 3.63) is 69.5 Å². The van der Waals surface area contributed by atoms with Crippen molar-refractivity contribution in [3.8, 4) is 5.75 Å². The van der Waals surface area contributed by atoms with Crippen LogP contribution >= 0.6 is 11.6 Å². The highest BCUT2D eigenvalue weighted by atomic mass is 35.5. The third-order valence-electron chi connectivity index (χ3n) is 5.73. The number of fused-ring (bicyclic) bond motifs is 1. The van der Waals surface area contributed by atoms with Crippen molar-refractivity contribution in [3.63, 3.8) is 0 Å². The monoisotopic (exact) mass is 454 g/mol. The summed E-state index contributed by atoms with van der Waals surface area (Å²) in [4.78, 5) is 26.2. The number of rotatable bonds is 11. The van der Waals surface area contributed by atoms with Crippen LogP contribution in [0.1, 0.15) is 68.6 Å². The number of para-hydroxylation sites is 2. The van der Waals surface area contributed by atoms with Gasteiger partial charge in [0.25, 0.3) is 11.5 Å². The summed E-state index contributed by atoms with van der Waals surface area (Å²) in [5, 5.41) is 14.3. The smallest absolute Gasteiger partial charge is 0.267 e. The van der Waals surface area contributed by atoms with E-state index in [1.165, 1.54) is 32.1 Å². The van der Waals surface area contributed by atoms with Crippen molar-refractivity contribution in [2.24, 2.45) is 0 Å². The van der Waals surface area contributed by atoms with Gasteiger partial charge in [-0.25, -0.2) is 0 Å². The van der Waals surface area contributed by atoms with Gasteiger partial charge >= 0.3 is 0 Å². The fourth-order valence-corrected chi connectivity index (χ4v) is 4.15. The Balaban J connectivity index is 1.81. The van der Waals surface area contributed by atoms with Crippen molar-refractivity contribution in [1.82, 2.24) is 4.57 Å². The lowest BCUT2D eigenvalue weighted by Gasteiger charge is -2.15. The molecule has 1 aromatic heterocycles. The predicted molar refractivity (Wildman–Crippen MR) is 132 cm³/mol. The van der Waals surface area contributed by atoms with Gasteiger partial charge in [-0.1, -0.05) is 87.7 Å². The van der Waals surface area contributed by atoms with Gasteiger partial charge < -0.3 is 15.0 Å². The number of anilines is 1. The van der Waals surface area contributed by atoms with Gasteiger partial charge in [0.1, 0.15) is 11.3 Å². The van der Waals surface area contributed by atoms with Gasteiger partial charge in [0, 0.05) is 11.9 Å². The zero-order valence-corrected chi connectivity index (χ0v) is 19.3. The molecule has 5 nitrogen and oxygen atoms in total. The number of amides is 1. The number of hydrogen-bond acceptors (Lipinski definition) is 3. The average Bonchev–Trinajstić information content (AvgIpc) is 2.79. The molecule has 0 spiro atoms. The minimum Gasteiger partial charge on any atom is -0.506 e. The standard InChI is InChI=1S/C26H31ClN2O3/c1-2-3-4-5-6-7-8-13-18-29-22-17-12-9-14-19(22)24(30)23(26(29)32)25(31)28-21-16-11-10-15-20(21)27/h9-12,14-17,30H,2-8,13,18H2,1H3,(H,28,31). The van der Waals surface area contributed by atoms with Crippen LogP contribution in [0.25, 0.3) is 10.9 Å². The number of carbonyl (C=O) groups excluding carboxylic acids is 1. The summed E-state index contributed by atoms with van der Waals surface area (Å²) in [7, 11) is 0. The van der Waals surface area contributed by atoms with E-state index in [1.807, 2.05) is 6.07 Å². The zero-order chi connectivity index (χ0) is 22.9. The summed E-state index contributed by atoms with van der Waals surface area (Å²) < 4.78 is 1.60. The topological polar surface area (TPSA) is 71.3 Å². The molecule has 32 heavy (non-hydrogen) atoms. The van der Waals surface area contributed by atoms with Gasteiger partial charge in [-0.15, -0.1) is 0 Å². The highest BCUT2D eigenvalue weighted by Crippen LogP contribution is 2.28. The van der Waals surface area contributed by atoms with Crippen LogP contribution in [0.2, 0.25) is 5.02 Å². The molecule has 0 atom stereocenters. The summed E-state index contributed by atoms with van der Waals surface area (Å²) in [5.41, 5.74) is 0.268. The minimum absolute atomic E-state index is 0.261. The number of aromatic hydroxyl groups is 1. The van der Waals surface area contributed by atoms with E-state index in [9.17, 15) is 14.7 Å². The Morgan fingerprint density at radius 3 is 2.28 bits per heavy atom. The minimum atomic E-state index is -0.670. The van der Waals surface area contributed by atoms with Gasteiger partial charge in [-0.2, -0.15) is 0 Å². The summed E-state index contributed by atoms with van der Waals surface area (Å²) in [5.74, 6) is -0.974. The lowest BCUT2D eigenvalue weighted by atomic mass is 10.1. The number of aromatic nitrogens is 1. The van der Waals surface area contributed by atoms with E-state index in [0.29, 0.717) is 28.2 Å². The molecular formula is C26H31ClN2O3. The van der Waals surface area contributed by atoms with E-state index in [0.717, 1.165) is 19.3 Å². The number of aryl methyl sites for hydroxylation is 1. The van der Waals surface area contributed by atoms with Crippen LogP contribution in [-0.2, 0) is 6.54 Å². The second kappa shape index (κ2) is 11.7. The van der Waals surface area contributed by atoms with Gasteiger partial charge in [0.05, 0.1) is 16.2 Å². The molecule has 3 aromatic rings. The Morgan fingerprint density at radius 2 is 1.56 bits per heavy atom. The third-order valence-corrected chi connectivity index (χ3v) is 6.06. The second-order valence-electron chi connectivity index (χ2n) is 8.11. The van der Waals surface area contributed by atoms with E-state index in [-0.39, 0.29) is 11.3 Å². The molecule has 3 rings (SSSR count). The zero-order valence-electron chi connectivity index (χ0n) is 18.6. The molecule has 170 valence electrons. The van der Waals surface area contributed by atoms with Crippen LogP contribution in [0.3, 0.4) is 0 Å². The molecule has 1 amide bonds. The molecule has 0 radical (unpaired) electrons. The summed E-state index contributed by atoms with van der Waals surface area (Å²) >= 11 is 6.14. The maximum absolute atomic E-state index is 13.3. The summed E-state index contributed by atoms with van der Waals surface area (Å²) in [6, 6.07) is 13.9. The highest BCUT2D eigenvalue weighted by Gasteiger charge is 2.22. The molecule has 0 aliphatic carbocycles. The first-order chi connectivity index (χ1) is 15.5. The number of nitrogens with one attached hydrogen (secondary N) is 1. The average molecular weight is 455 g/mol. The van der Waals surface area contributed by atoms with Crippen molar-refractivity contribution in [2.75, 3.05) is 5.32 Å². The molecule has 2 N–H and O–H groups in total. The number of unbranched alkanes of at least 4 members (excludes halogenated alkanes) is 7. The van der Waals surface area contributed by atoms with E-state index >= 15 is 0 Å². The number of nitrogens with zero attached hydrogens (tertiary/aromatic N) is 1. The number of benzene rings is 2. The maximum Gasteiger partial charge on any atom is 0.267 e. The molecule has 2 aromatic carbocycles. The Kier molecular flexibility index (Phi) is 8.74. The molecule has 0 saturated carbocycles. The summed E-state index contributed by atoms with van der Waals surface area (Å²) in [6.07, 6.45) is 9.26. The van der Waals surface area contributed by atoms with Gasteiger partial charge in [-0.3, -0.25) is 9.59 Å². The number of carbonyl (C=O) groups is 1. The van der Waals surface area contributed by atoms with Crippen LogP contribution in [-0.4, -0.2) is 15.6 Å². The first kappa shape index (κ1) is 23.9. The highest BCUT2D eigenvalue weighted by molar-refractivity contribution is 6.34. The lowest BCUT2D eigenvalue weighted by molar-refractivity contribution is 0.102. The first-order valence-corrected chi connectivity index (χ1v) is 11.8. The Labute approximate surface area is 194 Å². The third kappa shape index (κ3) is 5.71. The van der Waals surface area contributed by atoms with Crippen molar-refractivity contribution in [1.29, 1.82) is 0 Å². The molecule has 0 saturated heterocycles. The van der Waals surface area contributed by atoms with Crippen LogP contribution in [0.15, 0.2) is 53.3 Å². The molecule has 6 heteroatoms. The van der Waals surface area contributed by atoms with E-state index < -0.39 is 11.5 Å². The molecule has 0 fully saturated rings. The maximum atomic E-state index is 13.3. The van der Waals surface area contributed by atoms with E-state index in [4.69, 9.17) is 11.6 Å².